The smallest absolute Gasteiger partial charge is 0.308 e. The lowest BCUT2D eigenvalue weighted by molar-refractivity contribution is 0.455. The van der Waals surface area contributed by atoms with E-state index in [2.05, 4.69) is 41.0 Å². The highest BCUT2D eigenvalue weighted by Crippen LogP contribution is 2.26. The Morgan fingerprint density at radius 1 is 0.588 bits per heavy atom. The molecule has 8 aromatic rings. The third-order valence-electron chi connectivity index (χ3n) is 6.94. The van der Waals surface area contributed by atoms with Gasteiger partial charge in [-0.25, -0.2) is 13.6 Å². The molecule has 0 bridgehead atoms. The van der Waals surface area contributed by atoms with Gasteiger partial charge in [0.25, 0.3) is 5.22 Å². The summed E-state index contributed by atoms with van der Waals surface area (Å²) >= 11 is 13.2. The zero-order chi connectivity index (χ0) is 35.0. The van der Waals surface area contributed by atoms with Crippen LogP contribution >= 0.6 is 35.0 Å². The van der Waals surface area contributed by atoms with Crippen molar-refractivity contribution in [2.75, 3.05) is 0 Å². The molecule has 0 aliphatic carbocycles. The van der Waals surface area contributed by atoms with Gasteiger partial charge in [0.2, 0.25) is 11.8 Å². The highest BCUT2D eigenvalue weighted by atomic mass is 35.5. The number of benzene rings is 4. The minimum absolute atomic E-state index is 0.0456. The van der Waals surface area contributed by atoms with Crippen molar-refractivity contribution < 1.29 is 13.0 Å². The van der Waals surface area contributed by atoms with Crippen molar-refractivity contribution in [3.05, 3.63) is 143 Å². The summed E-state index contributed by atoms with van der Waals surface area (Å²) in [7, 11) is -1.52. The van der Waals surface area contributed by atoms with Crippen LogP contribution in [0.15, 0.2) is 141 Å². The number of thioether (sulfide) groups is 1. The van der Waals surface area contributed by atoms with E-state index < -0.39 is 10.8 Å². The summed E-state index contributed by atoms with van der Waals surface area (Å²) in [4.78, 5) is 0. The topological polar surface area (TPSA) is 156 Å². The Kier molecular flexibility index (Phi) is 10.7. The van der Waals surface area contributed by atoms with Gasteiger partial charge in [-0.3, -0.25) is 0 Å². The van der Waals surface area contributed by atoms with Crippen molar-refractivity contribution in [2.45, 2.75) is 22.0 Å². The van der Waals surface area contributed by atoms with E-state index in [4.69, 9.17) is 32.0 Å². The van der Waals surface area contributed by atoms with Crippen molar-refractivity contribution in [2.24, 2.45) is 0 Å². The van der Waals surface area contributed by atoms with Gasteiger partial charge >= 0.3 is 5.22 Å². The van der Waals surface area contributed by atoms with E-state index in [9.17, 15) is 4.21 Å². The summed E-state index contributed by atoms with van der Waals surface area (Å²) < 4.78 is 27.0. The number of nitrogens with zero attached hydrogens (tertiary/aromatic N) is 10. The summed E-state index contributed by atoms with van der Waals surface area (Å²) in [5.41, 5.74) is 4.78. The number of rotatable bonds is 10. The van der Waals surface area contributed by atoms with Crippen molar-refractivity contribution >= 4 is 45.8 Å². The number of aromatic nitrogens is 10. The molecule has 51 heavy (non-hydrogen) atoms. The van der Waals surface area contributed by atoms with Crippen LogP contribution in [0.5, 0.6) is 0 Å². The first-order chi connectivity index (χ1) is 25.0. The van der Waals surface area contributed by atoms with Crippen LogP contribution in [0.1, 0.15) is 11.4 Å². The fraction of sp³-hybridized carbons (Fsp3) is 0.0588. The molecular formula is C34H24Cl2N10O3S2. The molecule has 254 valence electrons. The lowest BCUT2D eigenvalue weighted by Gasteiger charge is -1.97. The molecule has 0 radical (unpaired) electrons. The van der Waals surface area contributed by atoms with Crippen LogP contribution in [0.3, 0.4) is 0 Å². The first-order valence-corrected chi connectivity index (χ1v) is 18.2. The molecule has 13 nitrogen and oxygen atoms in total. The second-order valence-electron chi connectivity index (χ2n) is 10.5. The minimum Gasteiger partial charge on any atom is -0.411 e. The van der Waals surface area contributed by atoms with E-state index in [0.717, 1.165) is 22.6 Å². The summed E-state index contributed by atoms with van der Waals surface area (Å²) in [5, 5.41) is 34.1. The summed E-state index contributed by atoms with van der Waals surface area (Å²) in [6, 6.07) is 33.6. The van der Waals surface area contributed by atoms with Gasteiger partial charge in [-0.15, -0.1) is 25.5 Å². The Bertz CT molecular complexity index is 2350. The highest BCUT2D eigenvalue weighted by Gasteiger charge is 2.17. The molecule has 0 fully saturated rings. The van der Waals surface area contributed by atoms with Gasteiger partial charge < -0.3 is 8.83 Å². The molecule has 4 heterocycles. The van der Waals surface area contributed by atoms with E-state index in [1.807, 2.05) is 79.0 Å². The van der Waals surface area contributed by atoms with E-state index in [1.54, 1.807) is 52.0 Å². The van der Waals surface area contributed by atoms with Crippen molar-refractivity contribution in [1.82, 2.24) is 50.4 Å². The zero-order valence-electron chi connectivity index (χ0n) is 26.2. The average molecular weight is 756 g/mol. The third-order valence-corrected chi connectivity index (χ3v) is 9.40. The third kappa shape index (κ3) is 8.82. The van der Waals surface area contributed by atoms with Crippen molar-refractivity contribution in [1.29, 1.82) is 0 Å². The Labute approximate surface area is 307 Å². The summed E-state index contributed by atoms with van der Waals surface area (Å²) in [6.45, 7) is 0. The molecule has 17 heteroatoms. The lowest BCUT2D eigenvalue weighted by atomic mass is 10.2. The molecule has 0 aliphatic heterocycles. The van der Waals surface area contributed by atoms with Gasteiger partial charge in [0, 0.05) is 26.9 Å². The van der Waals surface area contributed by atoms with Gasteiger partial charge in [0.15, 0.2) is 0 Å². The maximum atomic E-state index is 12.5. The fourth-order valence-corrected chi connectivity index (χ4v) is 6.18. The predicted molar refractivity (Wildman–Crippen MR) is 192 cm³/mol. The van der Waals surface area contributed by atoms with E-state index in [1.165, 1.54) is 11.8 Å². The molecule has 0 amide bonds. The van der Waals surface area contributed by atoms with Gasteiger partial charge in [0.05, 0.1) is 40.9 Å². The fourth-order valence-electron chi connectivity index (χ4n) is 4.46. The molecule has 0 N–H and O–H groups in total. The monoisotopic (exact) mass is 754 g/mol. The molecule has 4 aromatic heterocycles. The molecule has 1 atom stereocenters. The molecule has 0 saturated heterocycles. The largest absolute Gasteiger partial charge is 0.411 e. The summed E-state index contributed by atoms with van der Waals surface area (Å²) in [6.07, 6.45) is 3.61. The molecule has 0 spiro atoms. The second kappa shape index (κ2) is 16.0. The number of hydrogen-bond acceptors (Lipinski definition) is 12. The van der Waals surface area contributed by atoms with Gasteiger partial charge in [-0.2, -0.15) is 0 Å². The Morgan fingerprint density at radius 2 is 1.10 bits per heavy atom. The predicted octanol–water partition coefficient (Wildman–Crippen LogP) is 7.54. The average Bonchev–Trinajstić information content (AvgIpc) is 4.01. The normalized spacial score (nSPS) is 11.6. The van der Waals surface area contributed by atoms with Crippen LogP contribution in [-0.2, 0) is 22.3 Å². The minimum atomic E-state index is -1.52. The first-order valence-electron chi connectivity index (χ1n) is 15.1. The SMILES string of the molecule is Clc1ccc(-c2nnc(SCc3cn(-c4ccccc4)nn3)o2)cc1.O=S(Cc1cn(-c2ccccc2)nn1)c1nnc(-c2ccc(Cl)cc2)o1. The Hall–Kier alpha value is -5.48. The number of hydrogen-bond donors (Lipinski definition) is 0. The van der Waals surface area contributed by atoms with E-state index in [-0.39, 0.29) is 16.9 Å². The standard InChI is InChI=1S/C17H12ClN5O2S.C17H12ClN5OS/c18-13-8-6-12(7-9-13)16-20-21-17(25-16)26(24)11-14-10-23(22-19-14)15-4-2-1-3-5-15;18-13-8-6-12(7-9-13)16-20-21-17(24-16)25-11-14-10-23(22-19-14)15-4-2-1-3-5-15/h1-10H,11H2;1-10H,11H2. The van der Waals surface area contributed by atoms with Crippen LogP contribution in [-0.4, -0.2) is 54.6 Å². The molecule has 4 aromatic carbocycles. The highest BCUT2D eigenvalue weighted by molar-refractivity contribution is 7.98. The van der Waals surface area contributed by atoms with Crippen LogP contribution in [0, 0.1) is 0 Å². The van der Waals surface area contributed by atoms with Gasteiger partial charge in [-0.1, -0.05) is 86.9 Å². The van der Waals surface area contributed by atoms with Crippen LogP contribution in [0.2, 0.25) is 10.0 Å². The van der Waals surface area contributed by atoms with Gasteiger partial charge in [-0.05, 0) is 72.8 Å². The quantitative estimate of drug-likeness (QED) is 0.127. The number of para-hydroxylation sites is 2. The van der Waals surface area contributed by atoms with Crippen molar-refractivity contribution in [3.8, 4) is 34.3 Å². The van der Waals surface area contributed by atoms with Gasteiger partial charge in [0.1, 0.15) is 10.8 Å². The molecule has 0 saturated carbocycles. The van der Waals surface area contributed by atoms with Crippen LogP contribution < -0.4 is 0 Å². The van der Waals surface area contributed by atoms with Crippen LogP contribution in [0.4, 0.5) is 0 Å². The van der Waals surface area contributed by atoms with E-state index >= 15 is 0 Å². The maximum Gasteiger partial charge on any atom is 0.308 e. The summed E-state index contributed by atoms with van der Waals surface area (Å²) in [5.74, 6) is 1.48. The zero-order valence-corrected chi connectivity index (χ0v) is 29.4. The van der Waals surface area contributed by atoms with Crippen molar-refractivity contribution in [3.63, 3.8) is 0 Å². The van der Waals surface area contributed by atoms with E-state index in [0.29, 0.717) is 38.2 Å². The molecule has 8 rings (SSSR count). The maximum absolute atomic E-state index is 12.5. The number of halogens is 2. The lowest BCUT2D eigenvalue weighted by Crippen LogP contribution is -1.97. The Morgan fingerprint density at radius 3 is 1.69 bits per heavy atom. The molecule has 1 unspecified atom stereocenters. The Balaban J connectivity index is 0.000000159. The first kappa shape index (κ1) is 34.0. The van der Waals surface area contributed by atoms with Crippen LogP contribution in [0.25, 0.3) is 34.3 Å². The molecular weight excluding hydrogens is 731 g/mol. The molecule has 0 aliphatic rings. The second-order valence-corrected chi connectivity index (χ2v) is 13.6.